The molecule has 106 valence electrons. The van der Waals surface area contributed by atoms with Gasteiger partial charge in [-0.3, -0.25) is 4.79 Å². The smallest absolute Gasteiger partial charge is 0.270 e. The van der Waals surface area contributed by atoms with E-state index in [1.807, 2.05) is 25.1 Å². The molecule has 0 bridgehead atoms. The SMILES string of the molecule is CCCNC(=O)c1cc(OC)c2cccc(OC)c2n1. The van der Waals surface area contributed by atoms with Crippen LogP contribution in [0.25, 0.3) is 10.9 Å². The zero-order chi connectivity index (χ0) is 14.5. The highest BCUT2D eigenvalue weighted by Gasteiger charge is 2.14. The standard InChI is InChI=1S/C15H18N2O3/c1-4-8-16-15(18)11-9-13(20-3)10-6-5-7-12(19-2)14(10)17-11/h5-7,9H,4,8H2,1-3H3,(H,16,18). The van der Waals surface area contributed by atoms with Crippen LogP contribution in [0.5, 0.6) is 11.5 Å². The first kappa shape index (κ1) is 14.1. The van der Waals surface area contributed by atoms with Crippen molar-refractivity contribution in [2.45, 2.75) is 13.3 Å². The van der Waals surface area contributed by atoms with Gasteiger partial charge in [0.1, 0.15) is 22.7 Å². The number of methoxy groups -OCH3 is 2. The van der Waals surface area contributed by atoms with Crippen molar-refractivity contribution in [3.8, 4) is 11.5 Å². The highest BCUT2D eigenvalue weighted by atomic mass is 16.5. The van der Waals surface area contributed by atoms with E-state index in [2.05, 4.69) is 10.3 Å². The Morgan fingerprint density at radius 1 is 1.25 bits per heavy atom. The van der Waals surface area contributed by atoms with E-state index in [0.29, 0.717) is 29.3 Å². The lowest BCUT2D eigenvalue weighted by molar-refractivity contribution is 0.0948. The number of fused-ring (bicyclic) bond motifs is 1. The van der Waals surface area contributed by atoms with Crippen LogP contribution in [0.15, 0.2) is 24.3 Å². The van der Waals surface area contributed by atoms with Crippen molar-refractivity contribution in [2.75, 3.05) is 20.8 Å². The summed E-state index contributed by atoms with van der Waals surface area (Å²) in [5, 5.41) is 3.62. The Morgan fingerprint density at radius 3 is 2.65 bits per heavy atom. The van der Waals surface area contributed by atoms with E-state index in [0.717, 1.165) is 11.8 Å². The molecule has 5 nitrogen and oxygen atoms in total. The molecule has 1 heterocycles. The summed E-state index contributed by atoms with van der Waals surface area (Å²) in [6.45, 7) is 2.62. The maximum absolute atomic E-state index is 12.0. The first-order valence-electron chi connectivity index (χ1n) is 6.51. The average molecular weight is 274 g/mol. The molecule has 0 aliphatic heterocycles. The van der Waals surface area contributed by atoms with Gasteiger partial charge >= 0.3 is 0 Å². The summed E-state index contributed by atoms with van der Waals surface area (Å²) in [7, 11) is 3.15. The van der Waals surface area contributed by atoms with Gasteiger partial charge in [0.15, 0.2) is 0 Å². The number of carbonyl (C=O) groups excluding carboxylic acids is 1. The summed E-state index contributed by atoms with van der Waals surface area (Å²) in [5.41, 5.74) is 0.947. The molecule has 1 N–H and O–H groups in total. The van der Waals surface area contributed by atoms with Crippen molar-refractivity contribution in [3.63, 3.8) is 0 Å². The zero-order valence-corrected chi connectivity index (χ0v) is 11.9. The van der Waals surface area contributed by atoms with Crippen LogP contribution in [0.2, 0.25) is 0 Å². The van der Waals surface area contributed by atoms with E-state index >= 15 is 0 Å². The van der Waals surface area contributed by atoms with E-state index in [9.17, 15) is 4.79 Å². The Kier molecular flexibility index (Phi) is 4.40. The molecule has 2 rings (SSSR count). The van der Waals surface area contributed by atoms with E-state index in [4.69, 9.17) is 9.47 Å². The Balaban J connectivity index is 2.55. The van der Waals surface area contributed by atoms with Gasteiger partial charge in [-0.1, -0.05) is 13.0 Å². The molecular formula is C15H18N2O3. The molecule has 0 atom stereocenters. The third-order valence-electron chi connectivity index (χ3n) is 2.97. The van der Waals surface area contributed by atoms with Crippen LogP contribution in [0, 0.1) is 0 Å². The minimum atomic E-state index is -0.210. The Labute approximate surface area is 117 Å². The van der Waals surface area contributed by atoms with Gasteiger partial charge in [0, 0.05) is 18.0 Å². The molecule has 1 aromatic carbocycles. The third kappa shape index (κ3) is 2.66. The van der Waals surface area contributed by atoms with Crippen LogP contribution in [-0.4, -0.2) is 31.7 Å². The highest BCUT2D eigenvalue weighted by molar-refractivity contribution is 5.98. The van der Waals surface area contributed by atoms with Gasteiger partial charge in [-0.05, 0) is 18.6 Å². The lowest BCUT2D eigenvalue weighted by Crippen LogP contribution is -2.25. The number of hydrogen-bond acceptors (Lipinski definition) is 4. The van der Waals surface area contributed by atoms with Crippen molar-refractivity contribution in [2.24, 2.45) is 0 Å². The van der Waals surface area contributed by atoms with Gasteiger partial charge in [-0.25, -0.2) is 4.98 Å². The summed E-state index contributed by atoms with van der Waals surface area (Å²) in [4.78, 5) is 16.4. The number of nitrogens with zero attached hydrogens (tertiary/aromatic N) is 1. The number of rotatable bonds is 5. The monoisotopic (exact) mass is 274 g/mol. The predicted octanol–water partition coefficient (Wildman–Crippen LogP) is 2.39. The fourth-order valence-corrected chi connectivity index (χ4v) is 1.97. The van der Waals surface area contributed by atoms with Crippen molar-refractivity contribution >= 4 is 16.8 Å². The number of benzene rings is 1. The van der Waals surface area contributed by atoms with Gasteiger partial charge in [0.05, 0.1) is 14.2 Å². The molecule has 0 saturated carbocycles. The van der Waals surface area contributed by atoms with Gasteiger partial charge in [-0.2, -0.15) is 0 Å². The molecule has 2 aromatic rings. The number of pyridine rings is 1. The van der Waals surface area contributed by atoms with Gasteiger partial charge in [-0.15, -0.1) is 0 Å². The summed E-state index contributed by atoms with van der Waals surface area (Å²) in [5.74, 6) is 1.01. The molecule has 0 fully saturated rings. The van der Waals surface area contributed by atoms with Crippen LogP contribution in [-0.2, 0) is 0 Å². The number of carbonyl (C=O) groups is 1. The Bertz CT molecular complexity index is 626. The largest absolute Gasteiger partial charge is 0.496 e. The molecule has 0 radical (unpaired) electrons. The van der Waals surface area contributed by atoms with E-state index in [1.54, 1.807) is 20.3 Å². The molecule has 1 amide bonds. The topological polar surface area (TPSA) is 60.5 Å². The number of hydrogen-bond donors (Lipinski definition) is 1. The first-order valence-corrected chi connectivity index (χ1v) is 6.51. The van der Waals surface area contributed by atoms with Crippen molar-refractivity contribution in [1.82, 2.24) is 10.3 Å². The van der Waals surface area contributed by atoms with Crippen LogP contribution >= 0.6 is 0 Å². The molecule has 20 heavy (non-hydrogen) atoms. The number of nitrogens with one attached hydrogen (secondary N) is 1. The summed E-state index contributed by atoms with van der Waals surface area (Å²) in [6, 6.07) is 7.20. The third-order valence-corrected chi connectivity index (χ3v) is 2.97. The lowest BCUT2D eigenvalue weighted by Gasteiger charge is -2.11. The molecule has 0 saturated heterocycles. The first-order chi connectivity index (χ1) is 9.71. The predicted molar refractivity (Wildman–Crippen MR) is 77.5 cm³/mol. The molecule has 1 aromatic heterocycles. The molecule has 0 unspecified atom stereocenters. The maximum atomic E-state index is 12.0. The summed E-state index contributed by atoms with van der Waals surface area (Å²) in [6.07, 6.45) is 0.875. The van der Waals surface area contributed by atoms with E-state index < -0.39 is 0 Å². The number of ether oxygens (including phenoxy) is 2. The van der Waals surface area contributed by atoms with Crippen molar-refractivity contribution in [3.05, 3.63) is 30.0 Å². The molecular weight excluding hydrogens is 256 g/mol. The minimum absolute atomic E-state index is 0.210. The minimum Gasteiger partial charge on any atom is -0.496 e. The van der Waals surface area contributed by atoms with Crippen molar-refractivity contribution < 1.29 is 14.3 Å². The second kappa shape index (κ2) is 6.23. The molecule has 0 spiro atoms. The molecule has 0 aliphatic rings. The van der Waals surface area contributed by atoms with Crippen LogP contribution in [0.1, 0.15) is 23.8 Å². The fraction of sp³-hybridized carbons (Fsp3) is 0.333. The second-order valence-electron chi connectivity index (χ2n) is 4.32. The molecule has 0 aliphatic carbocycles. The normalized spacial score (nSPS) is 10.3. The van der Waals surface area contributed by atoms with Crippen molar-refractivity contribution in [1.29, 1.82) is 0 Å². The van der Waals surface area contributed by atoms with Gasteiger partial charge in [0.25, 0.3) is 5.91 Å². The second-order valence-corrected chi connectivity index (χ2v) is 4.32. The van der Waals surface area contributed by atoms with Crippen LogP contribution in [0.3, 0.4) is 0 Å². The number of amides is 1. The zero-order valence-electron chi connectivity index (χ0n) is 11.9. The van der Waals surface area contributed by atoms with E-state index in [1.165, 1.54) is 0 Å². The fourth-order valence-electron chi connectivity index (χ4n) is 1.97. The highest BCUT2D eigenvalue weighted by Crippen LogP contribution is 2.31. The number of aromatic nitrogens is 1. The van der Waals surface area contributed by atoms with Gasteiger partial charge < -0.3 is 14.8 Å². The quantitative estimate of drug-likeness (QED) is 0.909. The van der Waals surface area contributed by atoms with Crippen LogP contribution < -0.4 is 14.8 Å². The Morgan fingerprint density at radius 2 is 2.00 bits per heavy atom. The average Bonchev–Trinajstić information content (AvgIpc) is 2.50. The maximum Gasteiger partial charge on any atom is 0.270 e. The van der Waals surface area contributed by atoms with Crippen LogP contribution in [0.4, 0.5) is 0 Å². The molecule has 5 heteroatoms. The lowest BCUT2D eigenvalue weighted by atomic mass is 10.1. The number of para-hydroxylation sites is 1. The van der Waals surface area contributed by atoms with E-state index in [-0.39, 0.29) is 5.91 Å². The van der Waals surface area contributed by atoms with Gasteiger partial charge in [0.2, 0.25) is 0 Å². The summed E-state index contributed by atoms with van der Waals surface area (Å²) >= 11 is 0. The summed E-state index contributed by atoms with van der Waals surface area (Å²) < 4.78 is 10.6. The Hall–Kier alpha value is -2.30.